The van der Waals surface area contributed by atoms with Gasteiger partial charge in [-0.05, 0) is 66.3 Å². The number of carboxylic acid groups (broad SMARTS) is 5. The molecule has 302 valence electrons. The average Bonchev–Trinajstić information content (AvgIpc) is 3.49. The number of aromatic nitrogens is 1. The number of carboxylic acids is 5. The third-order valence-corrected chi connectivity index (χ3v) is 7.67. The summed E-state index contributed by atoms with van der Waals surface area (Å²) >= 11 is 0. The predicted octanol–water partition coefficient (Wildman–Crippen LogP) is 5.74. The molecule has 0 fully saturated rings. The van der Waals surface area contributed by atoms with Crippen LogP contribution in [0.3, 0.4) is 0 Å². The molecule has 0 aliphatic heterocycles. The summed E-state index contributed by atoms with van der Waals surface area (Å²) in [6, 6.07) is 24.8. The maximum absolute atomic E-state index is 14.0. The van der Waals surface area contributed by atoms with Crippen LogP contribution in [-0.2, 0) is 30.5 Å². The number of aliphatic hydroxyl groups is 2. The van der Waals surface area contributed by atoms with Crippen LogP contribution < -0.4 is 5.32 Å². The molecule has 1 amide bonds. The Balaban J connectivity index is 0.000000587. The number of aliphatic carboxylic acids is 5. The summed E-state index contributed by atoms with van der Waals surface area (Å²) in [6.45, 7) is 4.25. The van der Waals surface area contributed by atoms with Gasteiger partial charge < -0.3 is 45.6 Å². The van der Waals surface area contributed by atoms with Gasteiger partial charge in [0.2, 0.25) is 0 Å². The van der Waals surface area contributed by atoms with Gasteiger partial charge in [-0.2, -0.15) is 0 Å². The zero-order chi connectivity index (χ0) is 42.7. The molecule has 2 atom stereocenters. The van der Waals surface area contributed by atoms with Crippen LogP contribution in [0.25, 0.3) is 22.4 Å². The highest BCUT2D eigenvalue weighted by Crippen LogP contribution is 2.42. The molecule has 0 aliphatic carbocycles. The summed E-state index contributed by atoms with van der Waals surface area (Å²) in [5.41, 5.74) is 4.77. The quantitative estimate of drug-likeness (QED) is 0.0631. The molecule has 0 saturated carbocycles. The average molecular weight is 791 g/mol. The normalized spacial score (nSPS) is 11.8. The van der Waals surface area contributed by atoms with Crippen molar-refractivity contribution in [3.8, 4) is 22.4 Å². The Morgan fingerprint density at radius 2 is 1.14 bits per heavy atom. The van der Waals surface area contributed by atoms with E-state index in [1.54, 1.807) is 12.1 Å². The number of carbonyl (C=O) groups excluding carboxylic acids is 1. The Kier molecular flexibility index (Phi) is 18.7. The largest absolute Gasteiger partial charge is 0.481 e. The van der Waals surface area contributed by atoms with Gasteiger partial charge in [-0.1, -0.05) is 62.4 Å². The van der Waals surface area contributed by atoms with Crippen LogP contribution in [0.4, 0.5) is 10.1 Å². The first-order valence-electron chi connectivity index (χ1n) is 17.2. The fourth-order valence-corrected chi connectivity index (χ4v) is 5.49. The van der Waals surface area contributed by atoms with E-state index in [0.29, 0.717) is 52.4 Å². The minimum atomic E-state index is -1.26. The maximum atomic E-state index is 14.0. The molecule has 8 N–H and O–H groups in total. The van der Waals surface area contributed by atoms with Gasteiger partial charge in [-0.25, -0.2) is 23.6 Å². The van der Waals surface area contributed by atoms with E-state index in [-0.39, 0.29) is 37.0 Å². The highest BCUT2D eigenvalue weighted by Gasteiger charge is 2.31. The fraction of sp³-hybridized carbons (Fsp3) is 0.220. The van der Waals surface area contributed by atoms with Gasteiger partial charge in [0.25, 0.3) is 5.91 Å². The van der Waals surface area contributed by atoms with Crippen LogP contribution in [0.5, 0.6) is 0 Å². The molecule has 16 heteroatoms. The number of nitrogens with zero attached hydrogens (tertiary/aromatic N) is 1. The number of anilines is 1. The molecule has 0 spiro atoms. The van der Waals surface area contributed by atoms with E-state index in [2.05, 4.69) is 5.32 Å². The van der Waals surface area contributed by atoms with Crippen molar-refractivity contribution in [1.82, 2.24) is 4.57 Å². The Hall–Kier alpha value is -6.91. The lowest BCUT2D eigenvalue weighted by Gasteiger charge is -2.20. The van der Waals surface area contributed by atoms with Crippen LogP contribution in [0.2, 0.25) is 0 Å². The second-order valence-corrected chi connectivity index (χ2v) is 12.4. The number of aliphatic hydroxyl groups excluding tert-OH is 2. The summed E-state index contributed by atoms with van der Waals surface area (Å²) in [4.78, 5) is 63.2. The van der Waals surface area contributed by atoms with Crippen LogP contribution in [-0.4, -0.2) is 88.3 Å². The molecule has 0 saturated heterocycles. The SMILES string of the molecule is CC(C)c1c(C(=O)Nc2ccccc2)c(-c2ccccc2)c(-c2ccc(F)cc2)n1CC[C@@H](O)C[C@@H](O)CC(=O)O.O=C(O)/C=C/C(=O)O.O=C(O)/C=C/C(=O)O. The van der Waals surface area contributed by atoms with Gasteiger partial charge in [0.05, 0.1) is 29.9 Å². The zero-order valence-electron chi connectivity index (χ0n) is 30.9. The molecule has 15 nitrogen and oxygen atoms in total. The minimum absolute atomic E-state index is 0.0939. The maximum Gasteiger partial charge on any atom is 0.328 e. The lowest BCUT2D eigenvalue weighted by molar-refractivity contribution is -0.139. The fourth-order valence-electron chi connectivity index (χ4n) is 5.49. The minimum Gasteiger partial charge on any atom is -0.481 e. The number of rotatable bonds is 16. The Morgan fingerprint density at radius 1 is 0.667 bits per heavy atom. The van der Waals surface area contributed by atoms with Crippen LogP contribution in [0.15, 0.2) is 109 Å². The van der Waals surface area contributed by atoms with Crippen molar-refractivity contribution in [2.75, 3.05) is 5.32 Å². The third-order valence-electron chi connectivity index (χ3n) is 7.67. The second kappa shape index (κ2) is 23.1. The standard InChI is InChI=1S/C33H35FN2O5.2C4H4O4/c1-21(2)31-30(33(41)35-25-11-7-4-8-12-25)29(22-9-5-3-6-10-22)32(23-13-15-24(34)16-14-23)36(31)18-17-26(37)19-27(38)20-28(39)40;2*5-3(6)1-2-4(7)8/h3-16,21,26-27,37-38H,17-20H2,1-2H3,(H,35,41)(H,39,40);2*1-2H,(H,5,6)(H,7,8)/b;2*2-1+/t26-,27-;;/m1../s1. The first kappa shape index (κ1) is 46.2. The van der Waals surface area contributed by atoms with Gasteiger partial charge in [0.15, 0.2) is 0 Å². The Bertz CT molecular complexity index is 1980. The second-order valence-electron chi connectivity index (χ2n) is 12.4. The molecular formula is C41H43FN2O13. The molecule has 4 rings (SSSR count). The summed E-state index contributed by atoms with van der Waals surface area (Å²) in [6.07, 6.45) is -0.276. The van der Waals surface area contributed by atoms with E-state index in [0.717, 1.165) is 11.3 Å². The van der Waals surface area contributed by atoms with E-state index >= 15 is 0 Å². The van der Waals surface area contributed by atoms with Gasteiger partial charge in [0, 0.05) is 47.8 Å². The van der Waals surface area contributed by atoms with Crippen LogP contribution in [0, 0.1) is 5.82 Å². The van der Waals surface area contributed by atoms with Crippen LogP contribution >= 0.6 is 0 Å². The predicted molar refractivity (Wildman–Crippen MR) is 206 cm³/mol. The number of amides is 1. The number of benzene rings is 3. The number of para-hydroxylation sites is 1. The summed E-state index contributed by atoms with van der Waals surface area (Å²) in [5.74, 6) is -6.96. The van der Waals surface area contributed by atoms with E-state index in [1.807, 2.05) is 79.1 Å². The van der Waals surface area contributed by atoms with Crippen molar-refractivity contribution in [2.24, 2.45) is 0 Å². The Morgan fingerprint density at radius 3 is 1.58 bits per heavy atom. The molecule has 1 aromatic heterocycles. The lowest BCUT2D eigenvalue weighted by Crippen LogP contribution is -2.22. The number of nitrogens with one attached hydrogen (secondary N) is 1. The first-order valence-corrected chi connectivity index (χ1v) is 17.2. The van der Waals surface area contributed by atoms with Crippen molar-refractivity contribution in [2.45, 2.75) is 57.8 Å². The summed E-state index contributed by atoms with van der Waals surface area (Å²) < 4.78 is 16.0. The molecule has 0 unspecified atom stereocenters. The monoisotopic (exact) mass is 790 g/mol. The highest BCUT2D eigenvalue weighted by atomic mass is 19.1. The summed E-state index contributed by atoms with van der Waals surface area (Å²) in [5, 5.41) is 64.0. The lowest BCUT2D eigenvalue weighted by atomic mass is 9.94. The molecule has 1 heterocycles. The van der Waals surface area contributed by atoms with E-state index in [1.165, 1.54) is 12.1 Å². The third kappa shape index (κ3) is 16.2. The molecular weight excluding hydrogens is 747 g/mol. The van der Waals surface area contributed by atoms with E-state index < -0.39 is 48.5 Å². The van der Waals surface area contributed by atoms with Crippen molar-refractivity contribution in [3.05, 3.63) is 126 Å². The topological polar surface area (TPSA) is 261 Å². The number of hydrogen-bond acceptors (Lipinski definition) is 8. The first-order chi connectivity index (χ1) is 26.9. The molecule has 0 bridgehead atoms. The molecule has 0 radical (unpaired) electrons. The highest BCUT2D eigenvalue weighted by molar-refractivity contribution is 6.12. The molecule has 0 aliphatic rings. The van der Waals surface area contributed by atoms with Crippen molar-refractivity contribution in [3.63, 3.8) is 0 Å². The smallest absolute Gasteiger partial charge is 0.328 e. The Labute approximate surface area is 326 Å². The van der Waals surface area contributed by atoms with Crippen molar-refractivity contribution >= 4 is 41.4 Å². The van der Waals surface area contributed by atoms with Gasteiger partial charge in [-0.15, -0.1) is 0 Å². The van der Waals surface area contributed by atoms with E-state index in [4.69, 9.17) is 25.5 Å². The summed E-state index contributed by atoms with van der Waals surface area (Å²) in [7, 11) is 0. The molecule has 57 heavy (non-hydrogen) atoms. The molecule has 4 aromatic rings. The molecule has 3 aromatic carbocycles. The zero-order valence-corrected chi connectivity index (χ0v) is 30.9. The van der Waals surface area contributed by atoms with Gasteiger partial charge in [-0.3, -0.25) is 9.59 Å². The number of hydrogen-bond donors (Lipinski definition) is 8. The van der Waals surface area contributed by atoms with Crippen molar-refractivity contribution < 1.29 is 68.9 Å². The van der Waals surface area contributed by atoms with Crippen molar-refractivity contribution in [1.29, 1.82) is 0 Å². The van der Waals surface area contributed by atoms with Crippen LogP contribution in [0.1, 0.15) is 55.1 Å². The van der Waals surface area contributed by atoms with Gasteiger partial charge in [0.1, 0.15) is 5.82 Å². The van der Waals surface area contributed by atoms with Gasteiger partial charge >= 0.3 is 29.8 Å². The number of carbonyl (C=O) groups is 6. The van der Waals surface area contributed by atoms with E-state index in [9.17, 15) is 43.4 Å². The number of halogens is 1.